The van der Waals surface area contributed by atoms with E-state index in [0.717, 1.165) is 11.3 Å². The van der Waals surface area contributed by atoms with Crippen molar-refractivity contribution in [3.8, 4) is 0 Å². The molecular weight excluding hydrogens is 242 g/mol. The SMILES string of the molecule is CCC(C)(C)NC(=O)C(C)Sc1ccc(C)cc1. The molecule has 1 aromatic rings. The van der Waals surface area contributed by atoms with E-state index < -0.39 is 0 Å². The quantitative estimate of drug-likeness (QED) is 0.821. The molecule has 0 bridgehead atoms. The summed E-state index contributed by atoms with van der Waals surface area (Å²) in [5, 5.41) is 3.01. The van der Waals surface area contributed by atoms with E-state index in [1.54, 1.807) is 11.8 Å². The molecule has 0 radical (unpaired) electrons. The molecule has 0 aliphatic carbocycles. The lowest BCUT2D eigenvalue weighted by Gasteiger charge is -2.26. The van der Waals surface area contributed by atoms with Crippen molar-refractivity contribution in [2.24, 2.45) is 0 Å². The number of nitrogens with one attached hydrogen (secondary N) is 1. The van der Waals surface area contributed by atoms with Gasteiger partial charge in [0.05, 0.1) is 5.25 Å². The Labute approximate surface area is 115 Å². The number of benzene rings is 1. The largest absolute Gasteiger partial charge is 0.350 e. The van der Waals surface area contributed by atoms with Crippen LogP contribution in [0.15, 0.2) is 29.2 Å². The van der Waals surface area contributed by atoms with Crippen molar-refractivity contribution in [1.29, 1.82) is 0 Å². The van der Waals surface area contributed by atoms with E-state index in [-0.39, 0.29) is 16.7 Å². The molecule has 0 saturated carbocycles. The lowest BCUT2D eigenvalue weighted by atomic mass is 10.0. The van der Waals surface area contributed by atoms with Gasteiger partial charge < -0.3 is 5.32 Å². The molecule has 1 amide bonds. The molecule has 0 aliphatic rings. The van der Waals surface area contributed by atoms with Crippen LogP contribution in [0.4, 0.5) is 0 Å². The van der Waals surface area contributed by atoms with Crippen molar-refractivity contribution >= 4 is 17.7 Å². The predicted molar refractivity (Wildman–Crippen MR) is 79.0 cm³/mol. The summed E-state index contributed by atoms with van der Waals surface area (Å²) in [6, 6.07) is 8.27. The zero-order chi connectivity index (χ0) is 13.8. The number of carbonyl (C=O) groups is 1. The number of aryl methyl sites for hydroxylation is 1. The van der Waals surface area contributed by atoms with Crippen molar-refractivity contribution in [1.82, 2.24) is 5.32 Å². The first-order valence-electron chi connectivity index (χ1n) is 6.39. The Morgan fingerprint density at radius 3 is 2.39 bits per heavy atom. The summed E-state index contributed by atoms with van der Waals surface area (Å²) in [6.07, 6.45) is 0.931. The molecule has 1 rings (SSSR count). The van der Waals surface area contributed by atoms with Gasteiger partial charge in [0.2, 0.25) is 5.91 Å². The summed E-state index contributed by atoms with van der Waals surface area (Å²) < 4.78 is 0. The maximum Gasteiger partial charge on any atom is 0.233 e. The van der Waals surface area contributed by atoms with Crippen LogP contribution in [0.25, 0.3) is 0 Å². The van der Waals surface area contributed by atoms with E-state index in [2.05, 4.69) is 43.4 Å². The first-order valence-corrected chi connectivity index (χ1v) is 7.27. The topological polar surface area (TPSA) is 29.1 Å². The molecule has 1 N–H and O–H groups in total. The second-order valence-electron chi connectivity index (χ2n) is 5.30. The minimum Gasteiger partial charge on any atom is -0.350 e. The Kier molecular flexibility index (Phi) is 5.27. The van der Waals surface area contributed by atoms with Crippen LogP contribution in [0.3, 0.4) is 0 Å². The van der Waals surface area contributed by atoms with Gasteiger partial charge in [-0.1, -0.05) is 24.6 Å². The number of rotatable bonds is 5. The highest BCUT2D eigenvalue weighted by Crippen LogP contribution is 2.24. The zero-order valence-corrected chi connectivity index (χ0v) is 12.7. The number of hydrogen-bond acceptors (Lipinski definition) is 2. The molecule has 1 atom stereocenters. The molecule has 0 spiro atoms. The highest BCUT2D eigenvalue weighted by atomic mass is 32.2. The van der Waals surface area contributed by atoms with Crippen LogP contribution in [-0.4, -0.2) is 16.7 Å². The normalized spacial score (nSPS) is 13.2. The average molecular weight is 265 g/mol. The highest BCUT2D eigenvalue weighted by Gasteiger charge is 2.22. The van der Waals surface area contributed by atoms with Gasteiger partial charge in [0.15, 0.2) is 0 Å². The van der Waals surface area contributed by atoms with Gasteiger partial charge in [0, 0.05) is 10.4 Å². The Morgan fingerprint density at radius 1 is 1.33 bits per heavy atom. The molecule has 100 valence electrons. The molecule has 0 aromatic heterocycles. The second-order valence-corrected chi connectivity index (χ2v) is 6.71. The third kappa shape index (κ3) is 4.73. The standard InChI is InChI=1S/C15H23NOS/c1-6-15(4,5)16-14(17)12(3)18-13-9-7-11(2)8-10-13/h7-10,12H,6H2,1-5H3,(H,16,17). The average Bonchev–Trinajstić information content (AvgIpc) is 2.31. The van der Waals surface area contributed by atoms with E-state index >= 15 is 0 Å². The maximum absolute atomic E-state index is 12.1. The van der Waals surface area contributed by atoms with Crippen molar-refractivity contribution in [3.05, 3.63) is 29.8 Å². The summed E-state index contributed by atoms with van der Waals surface area (Å²) in [5.41, 5.74) is 1.11. The summed E-state index contributed by atoms with van der Waals surface area (Å²) >= 11 is 1.60. The summed E-state index contributed by atoms with van der Waals surface area (Å²) in [4.78, 5) is 13.2. The van der Waals surface area contributed by atoms with E-state index in [1.165, 1.54) is 5.56 Å². The van der Waals surface area contributed by atoms with E-state index in [9.17, 15) is 4.79 Å². The van der Waals surface area contributed by atoms with Gasteiger partial charge in [-0.25, -0.2) is 0 Å². The number of carbonyl (C=O) groups excluding carboxylic acids is 1. The molecule has 0 saturated heterocycles. The van der Waals surface area contributed by atoms with Gasteiger partial charge in [-0.3, -0.25) is 4.79 Å². The number of thioether (sulfide) groups is 1. The lowest BCUT2D eigenvalue weighted by Crippen LogP contribution is -2.46. The molecule has 0 aliphatic heterocycles. The third-order valence-corrected chi connectivity index (χ3v) is 4.16. The molecule has 0 heterocycles. The van der Waals surface area contributed by atoms with Gasteiger partial charge in [0.25, 0.3) is 0 Å². The summed E-state index contributed by atoms with van der Waals surface area (Å²) in [6.45, 7) is 10.2. The maximum atomic E-state index is 12.1. The minimum absolute atomic E-state index is 0.0708. The van der Waals surface area contributed by atoms with Crippen LogP contribution in [-0.2, 0) is 4.79 Å². The smallest absolute Gasteiger partial charge is 0.233 e. The molecule has 0 fully saturated rings. The first-order chi connectivity index (χ1) is 8.34. The number of hydrogen-bond donors (Lipinski definition) is 1. The van der Waals surface area contributed by atoms with Crippen LogP contribution in [0.5, 0.6) is 0 Å². The second kappa shape index (κ2) is 6.28. The predicted octanol–water partition coefficient (Wildman–Crippen LogP) is 3.78. The van der Waals surface area contributed by atoms with Crippen LogP contribution >= 0.6 is 11.8 Å². The Bertz CT molecular complexity index is 397. The van der Waals surface area contributed by atoms with Crippen molar-refractivity contribution in [2.75, 3.05) is 0 Å². The molecule has 3 heteroatoms. The molecule has 1 aromatic carbocycles. The summed E-state index contributed by atoms with van der Waals surface area (Å²) in [7, 11) is 0. The fourth-order valence-corrected chi connectivity index (χ4v) is 2.27. The van der Waals surface area contributed by atoms with Crippen LogP contribution in [0.1, 0.15) is 39.7 Å². The Morgan fingerprint density at radius 2 is 1.89 bits per heavy atom. The Hall–Kier alpha value is -0.960. The summed E-state index contributed by atoms with van der Waals surface area (Å²) in [5.74, 6) is 0.104. The fraction of sp³-hybridized carbons (Fsp3) is 0.533. The molecule has 18 heavy (non-hydrogen) atoms. The van der Waals surface area contributed by atoms with Gasteiger partial charge in [-0.2, -0.15) is 0 Å². The first kappa shape index (κ1) is 15.1. The fourth-order valence-electron chi connectivity index (χ4n) is 1.40. The van der Waals surface area contributed by atoms with Crippen LogP contribution in [0.2, 0.25) is 0 Å². The molecule has 1 unspecified atom stereocenters. The van der Waals surface area contributed by atoms with E-state index in [4.69, 9.17) is 0 Å². The van der Waals surface area contributed by atoms with Gasteiger partial charge in [-0.05, 0) is 46.2 Å². The van der Waals surface area contributed by atoms with Gasteiger partial charge >= 0.3 is 0 Å². The van der Waals surface area contributed by atoms with Gasteiger partial charge in [-0.15, -0.1) is 11.8 Å². The van der Waals surface area contributed by atoms with E-state index in [0.29, 0.717) is 0 Å². The Balaban J connectivity index is 2.57. The monoisotopic (exact) mass is 265 g/mol. The van der Waals surface area contributed by atoms with Crippen LogP contribution < -0.4 is 5.32 Å². The van der Waals surface area contributed by atoms with E-state index in [1.807, 2.05) is 20.8 Å². The van der Waals surface area contributed by atoms with Gasteiger partial charge in [0.1, 0.15) is 0 Å². The lowest BCUT2D eigenvalue weighted by molar-refractivity contribution is -0.121. The molecular formula is C15H23NOS. The highest BCUT2D eigenvalue weighted by molar-refractivity contribution is 8.00. The third-order valence-electron chi connectivity index (χ3n) is 3.05. The van der Waals surface area contributed by atoms with Crippen molar-refractivity contribution in [2.45, 2.75) is 56.7 Å². The zero-order valence-electron chi connectivity index (χ0n) is 11.9. The van der Waals surface area contributed by atoms with Crippen molar-refractivity contribution < 1.29 is 4.79 Å². The number of amides is 1. The van der Waals surface area contributed by atoms with Crippen molar-refractivity contribution in [3.63, 3.8) is 0 Å². The van der Waals surface area contributed by atoms with Crippen LogP contribution in [0, 0.1) is 6.92 Å². The molecule has 2 nitrogen and oxygen atoms in total. The minimum atomic E-state index is -0.126.